The SMILES string of the molecule is c1ccc(-c2ccc3c(c2)sc2c(-c4nc(-c5ccccc5)nc(-n5c6ccccc6c6ccccc65)n4)cc(-n4c5ccccc5c5ccccc54)cc23)cc1. The minimum absolute atomic E-state index is 0.583. The number of para-hydroxylation sites is 4. The Bertz CT molecular complexity index is 3420. The molecule has 0 radical (unpaired) electrons. The molecule has 4 heterocycles. The van der Waals surface area contributed by atoms with Crippen molar-refractivity contribution in [3.63, 3.8) is 0 Å². The first-order valence-corrected chi connectivity index (χ1v) is 19.9. The lowest BCUT2D eigenvalue weighted by Gasteiger charge is -2.14. The van der Waals surface area contributed by atoms with E-state index in [1.54, 1.807) is 11.3 Å². The van der Waals surface area contributed by atoms with Gasteiger partial charge in [-0.1, -0.05) is 146 Å². The molecule has 4 aromatic heterocycles. The van der Waals surface area contributed by atoms with Crippen LogP contribution < -0.4 is 0 Å². The number of aromatic nitrogens is 5. The largest absolute Gasteiger partial charge is 0.309 e. The molecule has 0 bridgehead atoms. The van der Waals surface area contributed by atoms with E-state index >= 15 is 0 Å². The van der Waals surface area contributed by atoms with Gasteiger partial charge in [-0.3, -0.25) is 4.57 Å². The smallest absolute Gasteiger partial charge is 0.238 e. The number of thiophene rings is 1. The van der Waals surface area contributed by atoms with Crippen molar-refractivity contribution >= 4 is 75.1 Å². The van der Waals surface area contributed by atoms with Gasteiger partial charge in [0, 0.05) is 58.5 Å². The lowest BCUT2D eigenvalue weighted by molar-refractivity contribution is 0.954. The van der Waals surface area contributed by atoms with E-state index in [4.69, 9.17) is 15.0 Å². The van der Waals surface area contributed by atoms with Gasteiger partial charge < -0.3 is 4.57 Å². The molecule has 12 rings (SSSR count). The van der Waals surface area contributed by atoms with Crippen molar-refractivity contribution in [3.05, 3.63) is 188 Å². The van der Waals surface area contributed by atoms with E-state index in [9.17, 15) is 0 Å². The van der Waals surface area contributed by atoms with Crippen LogP contribution in [0, 0.1) is 0 Å². The first kappa shape index (κ1) is 31.9. The molecule has 0 atom stereocenters. The zero-order chi connectivity index (χ0) is 37.5. The quantitative estimate of drug-likeness (QED) is 0.176. The number of hydrogen-bond acceptors (Lipinski definition) is 4. The summed E-state index contributed by atoms with van der Waals surface area (Å²) in [6.07, 6.45) is 0. The molecule has 0 aliphatic heterocycles. The van der Waals surface area contributed by atoms with Gasteiger partial charge in [-0.05, 0) is 53.6 Å². The van der Waals surface area contributed by atoms with Crippen LogP contribution in [-0.4, -0.2) is 24.1 Å². The first-order chi connectivity index (χ1) is 28.3. The molecule has 6 heteroatoms. The Morgan fingerprint density at radius 3 is 1.46 bits per heavy atom. The van der Waals surface area contributed by atoms with E-state index in [1.165, 1.54) is 37.4 Å². The standard InChI is InChI=1S/C51H31N5S/c1-3-15-32(16-4-1)34-27-28-40-41-30-35(55-43-23-11-7-19-36(43)37-20-8-12-24-44(37)55)31-42(48(41)57-47(40)29-34)50-52-49(33-17-5-2-6-18-33)53-51(54-50)56-45-25-13-9-21-38(45)39-22-10-14-26-46(39)56/h1-31H. The average molecular weight is 746 g/mol. The van der Waals surface area contributed by atoms with Crippen molar-refractivity contribution in [2.75, 3.05) is 0 Å². The fraction of sp³-hybridized carbons (Fsp3) is 0. The van der Waals surface area contributed by atoms with Gasteiger partial charge in [-0.15, -0.1) is 11.3 Å². The van der Waals surface area contributed by atoms with Crippen LogP contribution in [0.4, 0.5) is 0 Å². The lowest BCUT2D eigenvalue weighted by Crippen LogP contribution is -2.06. The first-order valence-electron chi connectivity index (χ1n) is 19.1. The van der Waals surface area contributed by atoms with Crippen molar-refractivity contribution in [3.8, 4) is 45.5 Å². The van der Waals surface area contributed by atoms with Crippen molar-refractivity contribution in [1.82, 2.24) is 24.1 Å². The Labute approximate surface area is 331 Å². The maximum Gasteiger partial charge on any atom is 0.238 e. The Morgan fingerprint density at radius 2 is 0.860 bits per heavy atom. The van der Waals surface area contributed by atoms with Gasteiger partial charge in [-0.2, -0.15) is 9.97 Å². The predicted molar refractivity (Wildman–Crippen MR) is 238 cm³/mol. The third-order valence-corrected chi connectivity index (χ3v) is 12.4. The Kier molecular flexibility index (Phi) is 7.03. The predicted octanol–water partition coefficient (Wildman–Crippen LogP) is 13.4. The number of hydrogen-bond donors (Lipinski definition) is 0. The highest BCUT2D eigenvalue weighted by Crippen LogP contribution is 2.44. The lowest BCUT2D eigenvalue weighted by atomic mass is 10.0. The normalized spacial score (nSPS) is 11.9. The number of benzene rings is 8. The molecular formula is C51H31N5S. The second-order valence-corrected chi connectivity index (χ2v) is 15.5. The average Bonchev–Trinajstić information content (AvgIpc) is 3.94. The molecule has 8 aromatic carbocycles. The van der Waals surface area contributed by atoms with Gasteiger partial charge in [0.2, 0.25) is 5.95 Å². The highest BCUT2D eigenvalue weighted by Gasteiger charge is 2.22. The summed E-state index contributed by atoms with van der Waals surface area (Å²) in [5.41, 5.74) is 9.76. The van der Waals surface area contributed by atoms with Crippen LogP contribution in [0.15, 0.2) is 188 Å². The fourth-order valence-corrected chi connectivity index (χ4v) is 9.84. The summed E-state index contributed by atoms with van der Waals surface area (Å²) in [7, 11) is 0. The number of rotatable bonds is 5. The van der Waals surface area contributed by atoms with E-state index in [1.807, 2.05) is 18.2 Å². The molecule has 57 heavy (non-hydrogen) atoms. The van der Waals surface area contributed by atoms with E-state index in [-0.39, 0.29) is 0 Å². The Hall–Kier alpha value is -7.41. The maximum atomic E-state index is 5.44. The van der Waals surface area contributed by atoms with Gasteiger partial charge in [0.25, 0.3) is 0 Å². The number of nitrogens with zero attached hydrogens (tertiary/aromatic N) is 5. The minimum Gasteiger partial charge on any atom is -0.309 e. The summed E-state index contributed by atoms with van der Waals surface area (Å²) in [6.45, 7) is 0. The number of fused-ring (bicyclic) bond motifs is 9. The zero-order valence-electron chi connectivity index (χ0n) is 30.5. The van der Waals surface area contributed by atoms with Crippen LogP contribution in [0.5, 0.6) is 0 Å². The van der Waals surface area contributed by atoms with Crippen LogP contribution in [0.25, 0.3) is 109 Å². The molecule has 0 amide bonds. The van der Waals surface area contributed by atoms with Crippen LogP contribution >= 0.6 is 11.3 Å². The Balaban J connectivity index is 1.20. The van der Waals surface area contributed by atoms with Crippen LogP contribution in [0.1, 0.15) is 0 Å². The molecule has 266 valence electrons. The third kappa shape index (κ3) is 4.98. The van der Waals surface area contributed by atoms with E-state index in [0.717, 1.165) is 54.4 Å². The topological polar surface area (TPSA) is 48.5 Å². The molecule has 5 nitrogen and oxygen atoms in total. The summed E-state index contributed by atoms with van der Waals surface area (Å²) in [5, 5.41) is 7.13. The maximum absolute atomic E-state index is 5.44. The molecule has 0 unspecified atom stereocenters. The molecule has 0 saturated heterocycles. The summed E-state index contributed by atoms with van der Waals surface area (Å²) in [5.74, 6) is 1.84. The molecule has 0 aliphatic rings. The van der Waals surface area contributed by atoms with Gasteiger partial charge in [0.05, 0.1) is 22.1 Å². The molecule has 0 aliphatic carbocycles. The van der Waals surface area contributed by atoms with Crippen molar-refractivity contribution < 1.29 is 0 Å². The van der Waals surface area contributed by atoms with Crippen molar-refractivity contribution in [2.45, 2.75) is 0 Å². The molecule has 12 aromatic rings. The van der Waals surface area contributed by atoms with Crippen molar-refractivity contribution in [2.24, 2.45) is 0 Å². The highest BCUT2D eigenvalue weighted by molar-refractivity contribution is 7.26. The van der Waals surface area contributed by atoms with Gasteiger partial charge >= 0.3 is 0 Å². The summed E-state index contributed by atoms with van der Waals surface area (Å²) >= 11 is 1.80. The van der Waals surface area contributed by atoms with Gasteiger partial charge in [0.1, 0.15) is 0 Å². The van der Waals surface area contributed by atoms with Crippen molar-refractivity contribution in [1.29, 1.82) is 0 Å². The van der Waals surface area contributed by atoms with Crippen LogP contribution in [0.3, 0.4) is 0 Å². The van der Waals surface area contributed by atoms with E-state index in [2.05, 4.69) is 179 Å². The van der Waals surface area contributed by atoms with Crippen LogP contribution in [-0.2, 0) is 0 Å². The molecule has 0 N–H and O–H groups in total. The Morgan fingerprint density at radius 1 is 0.351 bits per heavy atom. The molecular weight excluding hydrogens is 715 g/mol. The van der Waals surface area contributed by atoms with E-state index < -0.39 is 0 Å². The second-order valence-electron chi connectivity index (χ2n) is 14.4. The molecule has 0 saturated carbocycles. The van der Waals surface area contributed by atoms with Gasteiger partial charge in [0.15, 0.2) is 11.6 Å². The summed E-state index contributed by atoms with van der Waals surface area (Å²) in [6, 6.07) is 66.7. The monoisotopic (exact) mass is 745 g/mol. The third-order valence-electron chi connectivity index (χ3n) is 11.2. The summed E-state index contributed by atoms with van der Waals surface area (Å²) in [4.78, 5) is 16.0. The fourth-order valence-electron chi connectivity index (χ4n) is 8.61. The minimum atomic E-state index is 0.583. The molecule has 0 spiro atoms. The molecule has 0 fully saturated rings. The van der Waals surface area contributed by atoms with E-state index in [0.29, 0.717) is 17.6 Å². The second kappa shape index (κ2) is 12.6. The van der Waals surface area contributed by atoms with Crippen LogP contribution in [0.2, 0.25) is 0 Å². The van der Waals surface area contributed by atoms with Gasteiger partial charge in [-0.25, -0.2) is 4.98 Å². The zero-order valence-corrected chi connectivity index (χ0v) is 31.4. The summed E-state index contributed by atoms with van der Waals surface area (Å²) < 4.78 is 6.93. The highest BCUT2D eigenvalue weighted by atomic mass is 32.1.